The van der Waals surface area contributed by atoms with E-state index in [2.05, 4.69) is 16.0 Å². The van der Waals surface area contributed by atoms with E-state index in [-0.39, 0.29) is 13.0 Å². The maximum absolute atomic E-state index is 8.88. The normalized spacial score (nSPS) is 10.7. The lowest BCUT2D eigenvalue weighted by molar-refractivity contribution is -0.0423. The number of nitrogens with two attached hydrogens (primary N) is 1. The maximum Gasteiger partial charge on any atom is 0.153 e. The molecule has 136 valence electrons. The number of hydrogen-bond acceptors (Lipinski definition) is 7. The first-order valence-electron chi connectivity index (χ1n) is 8.25. The zero-order valence-corrected chi connectivity index (χ0v) is 14.1. The quantitative estimate of drug-likeness (QED) is 0.256. The molecular weight excluding hydrogens is 320 g/mol. The summed E-state index contributed by atoms with van der Waals surface area (Å²) >= 11 is 0. The first-order chi connectivity index (χ1) is 12.1. The van der Waals surface area contributed by atoms with Crippen LogP contribution in [-0.4, -0.2) is 41.3 Å². The summed E-state index contributed by atoms with van der Waals surface area (Å²) in [5.74, 6) is 0. The van der Waals surface area contributed by atoms with Gasteiger partial charge in [-0.05, 0) is 48.0 Å². The summed E-state index contributed by atoms with van der Waals surface area (Å²) in [4.78, 5) is 0. The smallest absolute Gasteiger partial charge is 0.153 e. The molecule has 7 nitrogen and oxygen atoms in total. The molecule has 2 rings (SSSR count). The van der Waals surface area contributed by atoms with E-state index in [1.54, 1.807) is 0 Å². The van der Waals surface area contributed by atoms with Crippen LogP contribution in [0.4, 0.5) is 22.7 Å². The van der Waals surface area contributed by atoms with Crippen LogP contribution in [0.3, 0.4) is 0 Å². The molecule has 7 heteroatoms. The lowest BCUT2D eigenvalue weighted by Gasteiger charge is -2.13. The van der Waals surface area contributed by atoms with Crippen LogP contribution in [0.5, 0.6) is 0 Å². The van der Waals surface area contributed by atoms with Gasteiger partial charge in [0, 0.05) is 48.8 Å². The van der Waals surface area contributed by atoms with Crippen molar-refractivity contribution in [2.24, 2.45) is 0 Å². The molecule has 0 fully saturated rings. The Bertz CT molecular complexity index is 647. The molecule has 8 N–H and O–H groups in total. The van der Waals surface area contributed by atoms with Gasteiger partial charge in [-0.2, -0.15) is 0 Å². The van der Waals surface area contributed by atoms with E-state index in [0.29, 0.717) is 25.3 Å². The largest absolute Gasteiger partial charge is 0.398 e. The molecule has 0 atom stereocenters. The van der Waals surface area contributed by atoms with Crippen molar-refractivity contribution in [3.05, 3.63) is 48.0 Å². The van der Waals surface area contributed by atoms with E-state index in [0.717, 1.165) is 22.6 Å². The van der Waals surface area contributed by atoms with Crippen LogP contribution in [0.1, 0.15) is 12.0 Å². The second kappa shape index (κ2) is 9.73. The number of aliphatic hydroxyl groups is 3. The summed E-state index contributed by atoms with van der Waals surface area (Å²) in [6, 6.07) is 13.4. The molecule has 0 aromatic heterocycles. The van der Waals surface area contributed by atoms with E-state index in [9.17, 15) is 0 Å². The third-order valence-electron chi connectivity index (χ3n) is 3.68. The van der Waals surface area contributed by atoms with Crippen LogP contribution >= 0.6 is 0 Å². The molecular formula is C18H26N4O3. The molecule has 0 aliphatic rings. The topological polar surface area (TPSA) is 123 Å². The highest BCUT2D eigenvalue weighted by atomic mass is 16.5. The predicted octanol–water partition coefficient (Wildman–Crippen LogP) is 1.40. The molecule has 0 spiro atoms. The lowest BCUT2D eigenvalue weighted by atomic mass is 10.1. The number of nitrogens with one attached hydrogen (secondary N) is 3. The van der Waals surface area contributed by atoms with Crippen molar-refractivity contribution in [1.82, 2.24) is 0 Å². The summed E-state index contributed by atoms with van der Waals surface area (Å²) in [5.41, 5.74) is 10.5. The molecule has 0 saturated carbocycles. The standard InChI is InChI=1S/C18H26N4O3/c19-17-6-5-16(20-8-7-18(24)25)11-13(17)12-22-15-3-1-14(2-4-15)21-9-10-23/h1-6,11,18,20-25H,7-10,12,19H2. The van der Waals surface area contributed by atoms with Gasteiger partial charge in [0.05, 0.1) is 6.61 Å². The molecule has 0 unspecified atom stereocenters. The first-order valence-corrected chi connectivity index (χ1v) is 8.25. The molecule has 0 bridgehead atoms. The van der Waals surface area contributed by atoms with E-state index >= 15 is 0 Å². The fourth-order valence-electron chi connectivity index (χ4n) is 2.32. The van der Waals surface area contributed by atoms with Gasteiger partial charge in [0.2, 0.25) is 0 Å². The van der Waals surface area contributed by atoms with Gasteiger partial charge < -0.3 is 37.0 Å². The fraction of sp³-hybridized carbons (Fsp3) is 0.333. The zero-order valence-electron chi connectivity index (χ0n) is 14.1. The highest BCUT2D eigenvalue weighted by Crippen LogP contribution is 2.20. The summed E-state index contributed by atoms with van der Waals surface area (Å²) in [5, 5.41) is 36.1. The number of benzene rings is 2. The van der Waals surface area contributed by atoms with Gasteiger partial charge in [0.1, 0.15) is 0 Å². The van der Waals surface area contributed by atoms with Gasteiger partial charge in [-0.3, -0.25) is 0 Å². The van der Waals surface area contributed by atoms with Crippen molar-refractivity contribution in [3.8, 4) is 0 Å². The average Bonchev–Trinajstić information content (AvgIpc) is 2.61. The van der Waals surface area contributed by atoms with Crippen LogP contribution in [0.15, 0.2) is 42.5 Å². The Morgan fingerprint density at radius 3 is 2.08 bits per heavy atom. The molecule has 0 heterocycles. The summed E-state index contributed by atoms with van der Waals surface area (Å²) in [6.45, 7) is 1.67. The van der Waals surface area contributed by atoms with Gasteiger partial charge in [0.25, 0.3) is 0 Å². The minimum absolute atomic E-state index is 0.0981. The summed E-state index contributed by atoms with van der Waals surface area (Å²) in [7, 11) is 0. The van der Waals surface area contributed by atoms with Crippen molar-refractivity contribution in [2.75, 3.05) is 41.4 Å². The SMILES string of the molecule is Nc1ccc(NCCC(O)O)cc1CNc1ccc(NCCO)cc1. The van der Waals surface area contributed by atoms with E-state index in [4.69, 9.17) is 21.1 Å². The number of rotatable bonds is 10. The van der Waals surface area contributed by atoms with Gasteiger partial charge in [0.15, 0.2) is 6.29 Å². The van der Waals surface area contributed by atoms with Gasteiger partial charge in [-0.25, -0.2) is 0 Å². The molecule has 2 aromatic carbocycles. The Hall–Kier alpha value is -2.48. The van der Waals surface area contributed by atoms with Gasteiger partial charge in [-0.1, -0.05) is 0 Å². The molecule has 2 aromatic rings. The summed E-state index contributed by atoms with van der Waals surface area (Å²) < 4.78 is 0. The highest BCUT2D eigenvalue weighted by molar-refractivity contribution is 5.59. The molecule has 0 saturated heterocycles. The van der Waals surface area contributed by atoms with Gasteiger partial charge in [-0.15, -0.1) is 0 Å². The predicted molar refractivity (Wildman–Crippen MR) is 102 cm³/mol. The first kappa shape index (κ1) is 18.9. The minimum atomic E-state index is -1.31. The third kappa shape index (κ3) is 6.50. The van der Waals surface area contributed by atoms with Crippen molar-refractivity contribution < 1.29 is 15.3 Å². The van der Waals surface area contributed by atoms with Crippen molar-refractivity contribution in [2.45, 2.75) is 19.3 Å². The Balaban J connectivity index is 1.90. The Labute approximate surface area is 147 Å². The maximum atomic E-state index is 8.88. The number of hydrogen-bond donors (Lipinski definition) is 7. The van der Waals surface area contributed by atoms with Crippen LogP contribution in [0.2, 0.25) is 0 Å². The average molecular weight is 346 g/mol. The van der Waals surface area contributed by atoms with Crippen molar-refractivity contribution in [3.63, 3.8) is 0 Å². The number of aliphatic hydroxyl groups excluding tert-OH is 2. The molecule has 0 amide bonds. The third-order valence-corrected chi connectivity index (χ3v) is 3.68. The van der Waals surface area contributed by atoms with E-state index < -0.39 is 6.29 Å². The number of anilines is 4. The van der Waals surface area contributed by atoms with Gasteiger partial charge >= 0.3 is 0 Å². The van der Waals surface area contributed by atoms with E-state index in [1.807, 2.05) is 42.5 Å². The fourth-order valence-corrected chi connectivity index (χ4v) is 2.32. The van der Waals surface area contributed by atoms with Crippen molar-refractivity contribution in [1.29, 1.82) is 0 Å². The van der Waals surface area contributed by atoms with Crippen LogP contribution in [0.25, 0.3) is 0 Å². The van der Waals surface area contributed by atoms with Crippen LogP contribution in [0, 0.1) is 0 Å². The van der Waals surface area contributed by atoms with E-state index in [1.165, 1.54) is 0 Å². The number of nitrogen functional groups attached to an aromatic ring is 1. The molecule has 0 radical (unpaired) electrons. The molecule has 0 aliphatic heterocycles. The Morgan fingerprint density at radius 2 is 1.44 bits per heavy atom. The van der Waals surface area contributed by atoms with Crippen molar-refractivity contribution >= 4 is 22.7 Å². The zero-order chi connectivity index (χ0) is 18.1. The summed E-state index contributed by atoms with van der Waals surface area (Å²) in [6.07, 6.45) is -1.05. The monoisotopic (exact) mass is 346 g/mol. The molecule has 25 heavy (non-hydrogen) atoms. The second-order valence-corrected chi connectivity index (χ2v) is 5.69. The second-order valence-electron chi connectivity index (χ2n) is 5.69. The van der Waals surface area contributed by atoms with Crippen LogP contribution < -0.4 is 21.7 Å². The highest BCUT2D eigenvalue weighted by Gasteiger charge is 2.03. The Morgan fingerprint density at radius 1 is 0.840 bits per heavy atom. The minimum Gasteiger partial charge on any atom is -0.398 e. The molecule has 0 aliphatic carbocycles. The lowest BCUT2D eigenvalue weighted by Crippen LogP contribution is -2.12. The van der Waals surface area contributed by atoms with Crippen LogP contribution in [-0.2, 0) is 6.54 Å². The Kier molecular flexibility index (Phi) is 7.34.